The van der Waals surface area contributed by atoms with E-state index in [9.17, 15) is 0 Å². The molecule has 0 amide bonds. The molecule has 4 aromatic heterocycles. The zero-order valence-electron chi connectivity index (χ0n) is 16.5. The van der Waals surface area contributed by atoms with Gasteiger partial charge in [-0.2, -0.15) is 0 Å². The summed E-state index contributed by atoms with van der Waals surface area (Å²) in [7, 11) is 0. The Morgan fingerprint density at radius 2 is 1.77 bits per heavy atom. The minimum Gasteiger partial charge on any atom is -0.363 e. The van der Waals surface area contributed by atoms with Crippen molar-refractivity contribution in [2.75, 3.05) is 5.32 Å². The predicted molar refractivity (Wildman–Crippen MR) is 129 cm³/mol. The van der Waals surface area contributed by atoms with Crippen molar-refractivity contribution in [3.63, 3.8) is 0 Å². The van der Waals surface area contributed by atoms with E-state index in [1.54, 1.807) is 18.6 Å². The molecule has 0 fully saturated rings. The molecular formula is C23H18IN7. The number of nitrogens with one attached hydrogen (secondary N) is 1. The van der Waals surface area contributed by atoms with Crippen molar-refractivity contribution in [1.29, 1.82) is 0 Å². The highest BCUT2D eigenvalue weighted by Crippen LogP contribution is 2.31. The molecule has 0 saturated carbocycles. The largest absolute Gasteiger partial charge is 0.363 e. The molecule has 7 nitrogen and oxygen atoms in total. The lowest BCUT2D eigenvalue weighted by molar-refractivity contribution is 0.897. The Kier molecular flexibility index (Phi) is 5.53. The summed E-state index contributed by atoms with van der Waals surface area (Å²) in [5.41, 5.74) is 5.54. The van der Waals surface area contributed by atoms with Crippen molar-refractivity contribution in [3.05, 3.63) is 90.8 Å². The number of benzene rings is 1. The number of halogens is 1. The Morgan fingerprint density at radius 1 is 0.903 bits per heavy atom. The maximum Gasteiger partial charge on any atom is 0.202 e. The van der Waals surface area contributed by atoms with Gasteiger partial charge in [0.2, 0.25) is 5.82 Å². The first-order valence-electron chi connectivity index (χ1n) is 9.77. The molecule has 0 aliphatic carbocycles. The fourth-order valence-electron chi connectivity index (χ4n) is 3.36. The molecule has 31 heavy (non-hydrogen) atoms. The number of aromatic nitrogens is 6. The normalized spacial score (nSPS) is 11.0. The van der Waals surface area contributed by atoms with E-state index in [0.717, 1.165) is 38.3 Å². The second-order valence-electron chi connectivity index (χ2n) is 6.88. The number of rotatable bonds is 6. The monoisotopic (exact) mass is 519 g/mol. The molecule has 0 aliphatic rings. The molecule has 5 aromatic rings. The molecular weight excluding hydrogens is 501 g/mol. The molecule has 0 aliphatic heterocycles. The second kappa shape index (κ2) is 8.76. The van der Waals surface area contributed by atoms with Crippen LogP contribution in [0.25, 0.3) is 28.2 Å². The molecule has 4 heterocycles. The van der Waals surface area contributed by atoms with Gasteiger partial charge in [0, 0.05) is 28.6 Å². The molecule has 0 bridgehead atoms. The first kappa shape index (κ1) is 19.6. The topological polar surface area (TPSA) is 80.9 Å². The van der Waals surface area contributed by atoms with E-state index in [0.29, 0.717) is 18.1 Å². The molecule has 5 rings (SSSR count). The van der Waals surface area contributed by atoms with Crippen molar-refractivity contribution < 1.29 is 0 Å². The fourth-order valence-corrected chi connectivity index (χ4v) is 3.73. The lowest BCUT2D eigenvalue weighted by atomic mass is 10.1. The van der Waals surface area contributed by atoms with Gasteiger partial charge in [0.15, 0.2) is 5.82 Å². The van der Waals surface area contributed by atoms with Gasteiger partial charge in [-0.15, -0.1) is 5.10 Å². The van der Waals surface area contributed by atoms with E-state index < -0.39 is 0 Å². The van der Waals surface area contributed by atoms with E-state index in [2.05, 4.69) is 61.1 Å². The number of pyridine rings is 1. The summed E-state index contributed by atoms with van der Waals surface area (Å²) in [5, 5.41) is 8.18. The van der Waals surface area contributed by atoms with Crippen molar-refractivity contribution >= 4 is 33.9 Å². The number of hydrogen-bond acceptors (Lipinski definition) is 6. The van der Waals surface area contributed by atoms with Gasteiger partial charge in [-0.1, -0.05) is 59.0 Å². The van der Waals surface area contributed by atoms with E-state index in [1.165, 1.54) is 0 Å². The first-order chi connectivity index (χ1) is 15.3. The third kappa shape index (κ3) is 4.11. The van der Waals surface area contributed by atoms with Gasteiger partial charge in [-0.25, -0.2) is 14.5 Å². The number of fused-ring (bicyclic) bond motifs is 1. The maximum atomic E-state index is 4.84. The zero-order valence-corrected chi connectivity index (χ0v) is 18.6. The van der Waals surface area contributed by atoms with Gasteiger partial charge in [0.25, 0.3) is 0 Å². The average Bonchev–Trinajstić information content (AvgIpc) is 3.28. The molecule has 152 valence electrons. The van der Waals surface area contributed by atoms with Crippen LogP contribution in [0.2, 0.25) is 0 Å². The lowest BCUT2D eigenvalue weighted by Crippen LogP contribution is -2.08. The summed E-state index contributed by atoms with van der Waals surface area (Å²) >= 11 is 2.27. The standard InChI is InChI=1S/C23H18IN7/c24-12-18-13-25-15-20(28-18)22-29-23(27-14-17-8-4-5-10-26-17)21-19(9-11-31(21)30-22)16-6-2-1-3-7-16/h1-11,13,15H,12,14H2,(H,27,29,30). The van der Waals surface area contributed by atoms with E-state index in [-0.39, 0.29) is 0 Å². The van der Waals surface area contributed by atoms with Gasteiger partial charge in [-0.05, 0) is 23.8 Å². The van der Waals surface area contributed by atoms with Crippen molar-refractivity contribution in [2.45, 2.75) is 11.0 Å². The van der Waals surface area contributed by atoms with Gasteiger partial charge >= 0.3 is 0 Å². The minimum atomic E-state index is 0.519. The molecule has 0 saturated heterocycles. The van der Waals surface area contributed by atoms with Crippen LogP contribution in [0, 0.1) is 0 Å². The molecule has 0 radical (unpaired) electrons. The molecule has 1 aromatic carbocycles. The second-order valence-corrected chi connectivity index (χ2v) is 7.64. The van der Waals surface area contributed by atoms with Crippen LogP contribution in [0.4, 0.5) is 5.82 Å². The Hall–Kier alpha value is -3.40. The van der Waals surface area contributed by atoms with Crippen LogP contribution in [0.5, 0.6) is 0 Å². The summed E-state index contributed by atoms with van der Waals surface area (Å²) in [6, 6.07) is 18.2. The SMILES string of the molecule is ICc1cncc(-c2nc(NCc3ccccn3)c3c(-c4ccccc4)ccn3n2)n1. The molecule has 0 atom stereocenters. The fraction of sp³-hybridized carbons (Fsp3) is 0.0870. The van der Waals surface area contributed by atoms with Gasteiger partial charge in [0.1, 0.15) is 11.2 Å². The van der Waals surface area contributed by atoms with Crippen LogP contribution in [0.15, 0.2) is 79.4 Å². The van der Waals surface area contributed by atoms with E-state index >= 15 is 0 Å². The highest BCUT2D eigenvalue weighted by atomic mass is 127. The summed E-state index contributed by atoms with van der Waals surface area (Å²) in [6.45, 7) is 0.547. The maximum absolute atomic E-state index is 4.84. The third-order valence-corrected chi connectivity index (χ3v) is 5.59. The number of hydrogen-bond donors (Lipinski definition) is 1. The Balaban J connectivity index is 1.64. The van der Waals surface area contributed by atoms with E-state index in [1.807, 2.05) is 47.1 Å². The van der Waals surface area contributed by atoms with Crippen LogP contribution in [0.3, 0.4) is 0 Å². The summed E-state index contributed by atoms with van der Waals surface area (Å²) < 4.78 is 2.62. The van der Waals surface area contributed by atoms with Crippen LogP contribution >= 0.6 is 22.6 Å². The van der Waals surface area contributed by atoms with Crippen molar-refractivity contribution in [2.24, 2.45) is 0 Å². The quantitative estimate of drug-likeness (QED) is 0.257. The molecule has 1 N–H and O–H groups in total. The zero-order chi connectivity index (χ0) is 21.0. The van der Waals surface area contributed by atoms with Crippen LogP contribution in [-0.4, -0.2) is 29.5 Å². The van der Waals surface area contributed by atoms with Gasteiger partial charge in [0.05, 0.1) is 24.1 Å². The summed E-state index contributed by atoms with van der Waals surface area (Å²) in [4.78, 5) is 18.2. The Labute approximate surface area is 192 Å². The van der Waals surface area contributed by atoms with Crippen LogP contribution in [-0.2, 0) is 11.0 Å². The highest BCUT2D eigenvalue weighted by Gasteiger charge is 2.16. The summed E-state index contributed by atoms with van der Waals surface area (Å²) in [5.74, 6) is 1.24. The number of nitrogens with zero attached hydrogens (tertiary/aromatic N) is 6. The Morgan fingerprint density at radius 3 is 2.58 bits per heavy atom. The van der Waals surface area contributed by atoms with Gasteiger partial charge in [-0.3, -0.25) is 9.97 Å². The van der Waals surface area contributed by atoms with Gasteiger partial charge < -0.3 is 5.32 Å². The smallest absolute Gasteiger partial charge is 0.202 e. The average molecular weight is 519 g/mol. The number of alkyl halides is 1. The summed E-state index contributed by atoms with van der Waals surface area (Å²) in [6.07, 6.45) is 7.19. The first-order valence-corrected chi connectivity index (χ1v) is 11.3. The minimum absolute atomic E-state index is 0.519. The van der Waals surface area contributed by atoms with Crippen molar-refractivity contribution in [1.82, 2.24) is 29.5 Å². The van der Waals surface area contributed by atoms with Crippen LogP contribution in [0.1, 0.15) is 11.4 Å². The van der Waals surface area contributed by atoms with Crippen molar-refractivity contribution in [3.8, 4) is 22.6 Å². The molecule has 0 spiro atoms. The highest BCUT2D eigenvalue weighted by molar-refractivity contribution is 14.1. The molecule has 8 heteroatoms. The third-order valence-electron chi connectivity index (χ3n) is 4.81. The lowest BCUT2D eigenvalue weighted by Gasteiger charge is -2.11. The predicted octanol–water partition coefficient (Wildman–Crippen LogP) is 4.80. The number of anilines is 1. The van der Waals surface area contributed by atoms with Crippen LogP contribution < -0.4 is 5.32 Å². The Bertz CT molecular complexity index is 1320. The van der Waals surface area contributed by atoms with E-state index in [4.69, 9.17) is 10.1 Å². The molecule has 0 unspecified atom stereocenters.